The monoisotopic (exact) mass is 244 g/mol. The molecule has 2 fully saturated rings. The lowest BCUT2D eigenvalue weighted by Gasteiger charge is -2.27. The Morgan fingerprint density at radius 1 is 0.778 bits per heavy atom. The van der Waals surface area contributed by atoms with E-state index in [1.165, 1.54) is 50.1 Å². The van der Waals surface area contributed by atoms with Crippen molar-refractivity contribution in [3.05, 3.63) is 24.3 Å². The summed E-state index contributed by atoms with van der Waals surface area (Å²) in [5.74, 6) is 0. The van der Waals surface area contributed by atoms with Gasteiger partial charge in [0, 0.05) is 36.5 Å². The number of rotatable bonds is 2. The minimum atomic E-state index is 0.710. The van der Waals surface area contributed by atoms with Crippen molar-refractivity contribution < 1.29 is 0 Å². The third-order valence-electron chi connectivity index (χ3n) is 4.62. The molecule has 1 aromatic carbocycles. The molecular formula is C16H24N2. The van der Waals surface area contributed by atoms with E-state index >= 15 is 0 Å². The van der Waals surface area contributed by atoms with Gasteiger partial charge in [0.1, 0.15) is 0 Å². The molecule has 2 unspecified atom stereocenters. The van der Waals surface area contributed by atoms with Gasteiger partial charge in [-0.1, -0.05) is 0 Å². The Bertz CT molecular complexity index is 359. The molecule has 3 rings (SSSR count). The SMILES string of the molecule is CC1CCCN1c1ccc(N2CCCC2C)cc1. The zero-order valence-electron chi connectivity index (χ0n) is 11.6. The lowest BCUT2D eigenvalue weighted by atomic mass is 10.2. The largest absolute Gasteiger partial charge is 0.369 e. The van der Waals surface area contributed by atoms with Gasteiger partial charge in [-0.15, -0.1) is 0 Å². The number of benzene rings is 1. The van der Waals surface area contributed by atoms with E-state index in [2.05, 4.69) is 47.9 Å². The van der Waals surface area contributed by atoms with Crippen LogP contribution < -0.4 is 9.80 Å². The van der Waals surface area contributed by atoms with Crippen LogP contribution in [-0.4, -0.2) is 25.2 Å². The Morgan fingerprint density at radius 3 is 1.44 bits per heavy atom. The van der Waals surface area contributed by atoms with Crippen LogP contribution in [-0.2, 0) is 0 Å². The second-order valence-corrected chi connectivity index (χ2v) is 5.89. The first-order valence-electron chi connectivity index (χ1n) is 7.39. The Balaban J connectivity index is 1.76. The molecule has 2 nitrogen and oxygen atoms in total. The molecule has 1 aromatic rings. The lowest BCUT2D eigenvalue weighted by Crippen LogP contribution is -2.27. The van der Waals surface area contributed by atoms with Gasteiger partial charge in [0.2, 0.25) is 0 Å². The van der Waals surface area contributed by atoms with Crippen LogP contribution in [0.5, 0.6) is 0 Å². The van der Waals surface area contributed by atoms with Crippen molar-refractivity contribution in [3.8, 4) is 0 Å². The molecule has 2 aliphatic rings. The van der Waals surface area contributed by atoms with Gasteiger partial charge < -0.3 is 9.80 Å². The average molecular weight is 244 g/mol. The number of nitrogens with zero attached hydrogens (tertiary/aromatic N) is 2. The zero-order valence-corrected chi connectivity index (χ0v) is 11.6. The maximum Gasteiger partial charge on any atom is 0.0370 e. The summed E-state index contributed by atoms with van der Waals surface area (Å²) in [6.45, 7) is 7.12. The molecule has 0 bridgehead atoms. The van der Waals surface area contributed by atoms with Crippen molar-refractivity contribution in [1.29, 1.82) is 0 Å². The van der Waals surface area contributed by atoms with Crippen LogP contribution in [0.3, 0.4) is 0 Å². The summed E-state index contributed by atoms with van der Waals surface area (Å²) in [5.41, 5.74) is 2.80. The smallest absolute Gasteiger partial charge is 0.0370 e. The Hall–Kier alpha value is -1.18. The highest BCUT2D eigenvalue weighted by atomic mass is 15.2. The number of hydrogen-bond donors (Lipinski definition) is 0. The summed E-state index contributed by atoms with van der Waals surface area (Å²) < 4.78 is 0. The molecule has 2 saturated heterocycles. The van der Waals surface area contributed by atoms with Crippen molar-refractivity contribution in [1.82, 2.24) is 0 Å². The van der Waals surface area contributed by atoms with E-state index in [0.29, 0.717) is 12.1 Å². The van der Waals surface area contributed by atoms with Gasteiger partial charge in [-0.25, -0.2) is 0 Å². The molecule has 2 aliphatic heterocycles. The van der Waals surface area contributed by atoms with Crippen molar-refractivity contribution in [2.45, 2.75) is 51.6 Å². The molecule has 0 spiro atoms. The molecule has 0 radical (unpaired) electrons. The van der Waals surface area contributed by atoms with Crippen LogP contribution >= 0.6 is 0 Å². The summed E-state index contributed by atoms with van der Waals surface area (Å²) in [6, 6.07) is 10.7. The second kappa shape index (κ2) is 4.83. The van der Waals surface area contributed by atoms with Crippen LogP contribution in [0, 0.1) is 0 Å². The fourth-order valence-corrected chi connectivity index (χ4v) is 3.47. The van der Waals surface area contributed by atoms with Crippen molar-refractivity contribution >= 4 is 11.4 Å². The maximum atomic E-state index is 2.54. The molecule has 0 N–H and O–H groups in total. The quantitative estimate of drug-likeness (QED) is 0.783. The second-order valence-electron chi connectivity index (χ2n) is 5.89. The average Bonchev–Trinajstić information content (AvgIpc) is 2.98. The molecule has 2 heterocycles. The molecule has 98 valence electrons. The van der Waals surface area contributed by atoms with Crippen LogP contribution in [0.25, 0.3) is 0 Å². The highest BCUT2D eigenvalue weighted by Crippen LogP contribution is 2.30. The van der Waals surface area contributed by atoms with E-state index < -0.39 is 0 Å². The number of anilines is 2. The Morgan fingerprint density at radius 2 is 1.17 bits per heavy atom. The fourth-order valence-electron chi connectivity index (χ4n) is 3.47. The third-order valence-corrected chi connectivity index (χ3v) is 4.62. The first-order chi connectivity index (χ1) is 8.75. The van der Waals surface area contributed by atoms with E-state index in [-0.39, 0.29) is 0 Å². The standard InChI is InChI=1S/C16H24N2/c1-13-5-3-11-17(13)15-7-9-16(10-8-15)18-12-4-6-14(18)2/h7-10,13-14H,3-6,11-12H2,1-2H3. The highest BCUT2D eigenvalue weighted by Gasteiger charge is 2.22. The van der Waals surface area contributed by atoms with Crippen molar-refractivity contribution in [2.75, 3.05) is 22.9 Å². The lowest BCUT2D eigenvalue weighted by molar-refractivity contribution is 0.731. The van der Waals surface area contributed by atoms with Crippen LogP contribution in [0.4, 0.5) is 11.4 Å². The maximum absolute atomic E-state index is 2.54. The molecule has 18 heavy (non-hydrogen) atoms. The van der Waals surface area contributed by atoms with Gasteiger partial charge in [-0.05, 0) is 63.8 Å². The summed E-state index contributed by atoms with van der Waals surface area (Å²) in [7, 11) is 0. The van der Waals surface area contributed by atoms with Gasteiger partial charge in [-0.3, -0.25) is 0 Å². The van der Waals surface area contributed by atoms with Gasteiger partial charge >= 0.3 is 0 Å². The van der Waals surface area contributed by atoms with Crippen molar-refractivity contribution in [3.63, 3.8) is 0 Å². The third kappa shape index (κ3) is 2.09. The molecule has 0 amide bonds. The normalized spacial score (nSPS) is 28.1. The number of hydrogen-bond acceptors (Lipinski definition) is 2. The molecular weight excluding hydrogens is 220 g/mol. The predicted molar refractivity (Wildman–Crippen MR) is 78.5 cm³/mol. The van der Waals surface area contributed by atoms with Crippen LogP contribution in [0.1, 0.15) is 39.5 Å². The van der Waals surface area contributed by atoms with E-state index in [1.807, 2.05) is 0 Å². The topological polar surface area (TPSA) is 6.48 Å². The fraction of sp³-hybridized carbons (Fsp3) is 0.625. The van der Waals surface area contributed by atoms with Crippen LogP contribution in [0.15, 0.2) is 24.3 Å². The first-order valence-corrected chi connectivity index (χ1v) is 7.39. The molecule has 0 saturated carbocycles. The van der Waals surface area contributed by atoms with E-state index in [0.717, 1.165) is 0 Å². The van der Waals surface area contributed by atoms with E-state index in [9.17, 15) is 0 Å². The summed E-state index contributed by atoms with van der Waals surface area (Å²) in [4.78, 5) is 5.08. The molecule has 0 aromatic heterocycles. The van der Waals surface area contributed by atoms with E-state index in [4.69, 9.17) is 0 Å². The van der Waals surface area contributed by atoms with E-state index in [1.54, 1.807) is 0 Å². The minimum Gasteiger partial charge on any atom is -0.369 e. The summed E-state index contributed by atoms with van der Waals surface area (Å²) >= 11 is 0. The van der Waals surface area contributed by atoms with Crippen LogP contribution in [0.2, 0.25) is 0 Å². The van der Waals surface area contributed by atoms with Crippen molar-refractivity contribution in [2.24, 2.45) is 0 Å². The van der Waals surface area contributed by atoms with Gasteiger partial charge in [-0.2, -0.15) is 0 Å². The highest BCUT2D eigenvalue weighted by molar-refractivity contribution is 5.58. The van der Waals surface area contributed by atoms with Gasteiger partial charge in [0.05, 0.1) is 0 Å². The molecule has 0 aliphatic carbocycles. The minimum absolute atomic E-state index is 0.710. The predicted octanol–water partition coefficient (Wildman–Crippen LogP) is 3.66. The Labute approximate surface area is 111 Å². The summed E-state index contributed by atoms with van der Waals surface area (Å²) in [6.07, 6.45) is 5.36. The van der Waals surface area contributed by atoms with Gasteiger partial charge in [0.25, 0.3) is 0 Å². The van der Waals surface area contributed by atoms with Gasteiger partial charge in [0.15, 0.2) is 0 Å². The Kier molecular flexibility index (Phi) is 3.19. The molecule has 2 heteroatoms. The zero-order chi connectivity index (χ0) is 12.5. The molecule has 2 atom stereocenters. The first kappa shape index (κ1) is 11.9. The summed E-state index contributed by atoms with van der Waals surface area (Å²) in [5, 5.41) is 0.